The quantitative estimate of drug-likeness (QED) is 0.211. The summed E-state index contributed by atoms with van der Waals surface area (Å²) in [6.07, 6.45) is 2.64. The topological polar surface area (TPSA) is 139 Å². The van der Waals surface area contributed by atoms with Gasteiger partial charge in [-0.05, 0) is 37.1 Å². The van der Waals surface area contributed by atoms with E-state index in [0.29, 0.717) is 36.7 Å². The monoisotopic (exact) mass is 692 g/mol. The number of halogens is 4. The van der Waals surface area contributed by atoms with Gasteiger partial charge in [0, 0.05) is 42.2 Å². The summed E-state index contributed by atoms with van der Waals surface area (Å²) >= 11 is 7.89. The Morgan fingerprint density at radius 2 is 2.04 bits per heavy atom. The van der Waals surface area contributed by atoms with Crippen molar-refractivity contribution in [2.24, 2.45) is 0 Å². The number of aromatic nitrogens is 3. The number of hydrogen-bond acceptors (Lipinski definition) is 11. The van der Waals surface area contributed by atoms with Crippen LogP contribution in [-0.4, -0.2) is 64.4 Å². The third-order valence-corrected chi connectivity index (χ3v) is 11.0. The number of nitrogen functional groups attached to an aromatic ring is 2. The number of hydrogen-bond donors (Lipinski definition) is 2. The summed E-state index contributed by atoms with van der Waals surface area (Å²) in [4.78, 5) is 17.5. The van der Waals surface area contributed by atoms with Crippen molar-refractivity contribution in [2.45, 2.75) is 37.5 Å². The molecule has 0 radical (unpaired) electrons. The van der Waals surface area contributed by atoms with Gasteiger partial charge in [0.1, 0.15) is 53.4 Å². The first-order valence-corrected chi connectivity index (χ1v) is 16.6. The summed E-state index contributed by atoms with van der Waals surface area (Å²) in [5.74, 6) is -0.689. The first-order valence-electron chi connectivity index (χ1n) is 15.4. The van der Waals surface area contributed by atoms with Crippen molar-refractivity contribution in [3.8, 4) is 29.0 Å². The molecular weight excluding hydrogens is 665 g/mol. The summed E-state index contributed by atoms with van der Waals surface area (Å²) < 4.78 is 59.2. The van der Waals surface area contributed by atoms with E-state index in [1.807, 2.05) is 17.0 Å². The fourth-order valence-electron chi connectivity index (χ4n) is 7.36. The van der Waals surface area contributed by atoms with Crippen LogP contribution in [0, 0.1) is 23.0 Å². The Kier molecular flexibility index (Phi) is 7.39. The number of pyridine rings is 1. The van der Waals surface area contributed by atoms with Crippen molar-refractivity contribution in [3.05, 3.63) is 58.2 Å². The van der Waals surface area contributed by atoms with Crippen LogP contribution in [0.2, 0.25) is 5.02 Å². The molecule has 48 heavy (non-hydrogen) atoms. The van der Waals surface area contributed by atoms with Crippen LogP contribution in [0.1, 0.15) is 30.4 Å². The number of nitrogens with two attached hydrogens (primary N) is 2. The largest absolute Gasteiger partial charge is 0.489 e. The molecule has 0 saturated carbocycles. The number of fused-ring (bicyclic) bond motifs is 2. The molecule has 0 spiro atoms. The van der Waals surface area contributed by atoms with Gasteiger partial charge in [-0.15, -0.1) is 11.3 Å². The highest BCUT2D eigenvalue weighted by Gasteiger charge is 2.49. The molecule has 2 saturated heterocycles. The third kappa shape index (κ3) is 4.75. The Morgan fingerprint density at radius 3 is 2.85 bits per heavy atom. The van der Waals surface area contributed by atoms with Crippen molar-refractivity contribution in [1.82, 2.24) is 19.9 Å². The zero-order valence-electron chi connectivity index (χ0n) is 25.4. The van der Waals surface area contributed by atoms with Crippen LogP contribution in [-0.2, 0) is 6.54 Å². The number of ether oxygens (including phenoxy) is 2. The average Bonchev–Trinajstić information content (AvgIpc) is 3.67. The number of nitriles is 1. The molecule has 10 nitrogen and oxygen atoms in total. The van der Waals surface area contributed by atoms with Crippen molar-refractivity contribution in [2.75, 3.05) is 49.2 Å². The minimum absolute atomic E-state index is 0.0163. The molecule has 3 aromatic heterocycles. The van der Waals surface area contributed by atoms with Gasteiger partial charge >= 0.3 is 6.01 Å². The smallest absolute Gasteiger partial charge is 0.319 e. The van der Waals surface area contributed by atoms with Gasteiger partial charge in [-0.1, -0.05) is 23.7 Å². The van der Waals surface area contributed by atoms with E-state index in [0.717, 1.165) is 30.7 Å². The van der Waals surface area contributed by atoms with Gasteiger partial charge in [0.05, 0.1) is 32.8 Å². The van der Waals surface area contributed by atoms with Gasteiger partial charge in [-0.3, -0.25) is 4.90 Å². The lowest BCUT2D eigenvalue weighted by atomic mass is 9.95. The van der Waals surface area contributed by atoms with E-state index in [1.54, 1.807) is 12.3 Å². The zero-order chi connectivity index (χ0) is 33.3. The van der Waals surface area contributed by atoms with Crippen LogP contribution >= 0.6 is 22.9 Å². The number of anilines is 3. The fraction of sp³-hybridized carbons (Fsp3) is 0.333. The molecule has 8 rings (SSSR count). The minimum atomic E-state index is -0.963. The highest BCUT2D eigenvalue weighted by Crippen LogP contribution is 2.51. The zero-order valence-corrected chi connectivity index (χ0v) is 27.0. The number of rotatable bonds is 6. The van der Waals surface area contributed by atoms with E-state index in [4.69, 9.17) is 37.5 Å². The molecule has 4 N–H and O–H groups in total. The van der Waals surface area contributed by atoms with Crippen LogP contribution in [0.15, 0.2) is 30.5 Å². The maximum atomic E-state index is 17.1. The van der Waals surface area contributed by atoms with Crippen LogP contribution in [0.25, 0.3) is 32.1 Å². The van der Waals surface area contributed by atoms with Gasteiger partial charge < -0.3 is 25.8 Å². The molecule has 1 unspecified atom stereocenters. The number of benzene rings is 2. The molecule has 0 bridgehead atoms. The van der Waals surface area contributed by atoms with Crippen LogP contribution in [0.3, 0.4) is 0 Å². The van der Waals surface area contributed by atoms with E-state index in [1.165, 1.54) is 12.1 Å². The van der Waals surface area contributed by atoms with Gasteiger partial charge in [-0.2, -0.15) is 15.2 Å². The van der Waals surface area contributed by atoms with Crippen molar-refractivity contribution in [1.29, 1.82) is 5.26 Å². The average molecular weight is 693 g/mol. The van der Waals surface area contributed by atoms with Crippen molar-refractivity contribution >= 4 is 60.6 Å². The Balaban J connectivity index is 1.34. The molecule has 5 aromatic rings. The fourth-order valence-corrected chi connectivity index (χ4v) is 8.65. The van der Waals surface area contributed by atoms with E-state index < -0.39 is 23.3 Å². The lowest BCUT2D eigenvalue weighted by Crippen LogP contribution is -2.43. The lowest BCUT2D eigenvalue weighted by Gasteiger charge is -2.31. The molecule has 6 heterocycles. The predicted octanol–water partition coefficient (Wildman–Crippen LogP) is 6.23. The highest BCUT2D eigenvalue weighted by atomic mass is 35.5. The highest BCUT2D eigenvalue weighted by molar-refractivity contribution is 7.23. The summed E-state index contributed by atoms with van der Waals surface area (Å²) in [6, 6.07) is 8.06. The Bertz CT molecular complexity index is 2180. The van der Waals surface area contributed by atoms with Crippen molar-refractivity contribution < 1.29 is 22.6 Å². The molecule has 2 atom stereocenters. The van der Waals surface area contributed by atoms with Crippen LogP contribution < -0.4 is 25.8 Å². The normalized spacial score (nSPS) is 20.6. The second kappa shape index (κ2) is 11.5. The maximum Gasteiger partial charge on any atom is 0.319 e. The van der Waals surface area contributed by atoms with Crippen LogP contribution in [0.4, 0.5) is 29.8 Å². The summed E-state index contributed by atoms with van der Waals surface area (Å²) in [5, 5.41) is 10.3. The van der Waals surface area contributed by atoms with E-state index in [9.17, 15) is 14.0 Å². The molecule has 0 aliphatic carbocycles. The molecule has 246 valence electrons. The number of alkyl halides is 1. The summed E-state index contributed by atoms with van der Waals surface area (Å²) in [7, 11) is 0. The molecule has 2 aromatic carbocycles. The van der Waals surface area contributed by atoms with Gasteiger partial charge in [0.15, 0.2) is 11.6 Å². The standard InChI is InChI=1S/C33H28ClF3N8O2S/c34-24-22(18-4-5-20(36)28-21(18)19(12-38)30(40)48-28)25(37)26-23-27(24)46-10-9-44(13-16-3-1-7-41-29(16)39)31(23)43-32(42-26)47-15-33-6-2-8-45(33)14-17(35)11-33/h1,3-5,7,17H,2,6,8-11,13-15,40H2,(H2,39,41)/t17?,33-/m0/s1. The Labute approximate surface area is 281 Å². The second-order valence-corrected chi connectivity index (χ2v) is 13.7. The first kappa shape index (κ1) is 30.7. The molecule has 15 heteroatoms. The number of thiophene rings is 1. The van der Waals surface area contributed by atoms with Gasteiger partial charge in [0.25, 0.3) is 0 Å². The molecule has 0 amide bonds. The van der Waals surface area contributed by atoms with Gasteiger partial charge in [-0.25, -0.2) is 18.2 Å². The lowest BCUT2D eigenvalue weighted by molar-refractivity contribution is 0.107. The maximum absolute atomic E-state index is 17.1. The second-order valence-electron chi connectivity index (χ2n) is 12.3. The van der Waals surface area contributed by atoms with Crippen LogP contribution in [0.5, 0.6) is 11.8 Å². The van der Waals surface area contributed by atoms with E-state index >= 15 is 4.39 Å². The van der Waals surface area contributed by atoms with E-state index in [-0.39, 0.29) is 79.2 Å². The third-order valence-electron chi connectivity index (χ3n) is 9.57. The van der Waals surface area contributed by atoms with E-state index in [2.05, 4.69) is 14.9 Å². The summed E-state index contributed by atoms with van der Waals surface area (Å²) in [6.45, 7) is 1.94. The Morgan fingerprint density at radius 1 is 1.19 bits per heavy atom. The van der Waals surface area contributed by atoms with Gasteiger partial charge in [0.2, 0.25) is 0 Å². The van der Waals surface area contributed by atoms with Crippen molar-refractivity contribution in [3.63, 3.8) is 0 Å². The summed E-state index contributed by atoms with van der Waals surface area (Å²) in [5.41, 5.74) is 12.4. The molecule has 3 aliphatic rings. The first-order chi connectivity index (χ1) is 23.2. The predicted molar refractivity (Wildman–Crippen MR) is 178 cm³/mol. The molecule has 2 fully saturated rings. The Hall–Kier alpha value is -4.58. The number of nitrogens with zero attached hydrogens (tertiary/aromatic N) is 6. The minimum Gasteiger partial charge on any atom is -0.489 e. The molecular formula is C33H28ClF3N8O2S. The molecule has 3 aliphatic heterocycles. The SMILES string of the molecule is N#Cc1c(N)sc2c(F)ccc(-c3c(Cl)c4c5c(nc(OC[C@@]67CCCN6CC(F)C7)nc5c3F)N(Cc3cccnc3N)CCO4)c12.